The number of fused-ring (bicyclic) bond motifs is 1. The van der Waals surface area contributed by atoms with Crippen LogP contribution in [0.5, 0.6) is 11.5 Å². The quantitative estimate of drug-likeness (QED) is 0.384. The van der Waals surface area contributed by atoms with Crippen LogP contribution >= 0.6 is 0 Å². The van der Waals surface area contributed by atoms with Gasteiger partial charge in [0.1, 0.15) is 11.5 Å². The first kappa shape index (κ1) is 20.2. The fourth-order valence-corrected chi connectivity index (χ4v) is 3.48. The Hall–Kier alpha value is -4.06. The van der Waals surface area contributed by atoms with E-state index in [0.29, 0.717) is 25.2 Å². The molecule has 1 heterocycles. The van der Waals surface area contributed by atoms with Gasteiger partial charge >= 0.3 is 0 Å². The molecule has 1 aliphatic rings. The Balaban J connectivity index is 1.55. The van der Waals surface area contributed by atoms with Gasteiger partial charge in [0.15, 0.2) is 0 Å². The van der Waals surface area contributed by atoms with Crippen molar-refractivity contribution in [3.05, 3.63) is 90.5 Å². The van der Waals surface area contributed by atoms with Gasteiger partial charge < -0.3 is 20.7 Å². The number of ether oxygens (including phenoxy) is 1. The highest BCUT2D eigenvalue weighted by atomic mass is 16.5. The maximum Gasteiger partial charge on any atom is 0.251 e. The van der Waals surface area contributed by atoms with Crippen LogP contribution in [0, 0.1) is 0 Å². The fraction of sp³-hybridized carbons (Fsp3) is 0.120. The van der Waals surface area contributed by atoms with Crippen LogP contribution in [0.2, 0.25) is 0 Å². The van der Waals surface area contributed by atoms with Gasteiger partial charge in [-0.25, -0.2) is 0 Å². The van der Waals surface area contributed by atoms with Gasteiger partial charge in [-0.2, -0.15) is 0 Å². The summed E-state index contributed by atoms with van der Waals surface area (Å²) >= 11 is 0. The molecule has 6 nitrogen and oxygen atoms in total. The van der Waals surface area contributed by atoms with Crippen molar-refractivity contribution in [3.63, 3.8) is 0 Å². The number of carbonyl (C=O) groups is 2. The molecular weight excluding hydrogens is 390 g/mol. The number of rotatable bonds is 8. The summed E-state index contributed by atoms with van der Waals surface area (Å²) in [5.41, 5.74) is 4.45. The number of para-hydroxylation sites is 1. The normalized spacial score (nSPS) is 11.9. The van der Waals surface area contributed by atoms with E-state index in [1.165, 1.54) is 6.08 Å². The van der Waals surface area contributed by atoms with Crippen LogP contribution in [-0.4, -0.2) is 24.9 Å². The molecule has 4 rings (SSSR count). The molecule has 0 atom stereocenters. The first-order valence-corrected chi connectivity index (χ1v) is 10.1. The van der Waals surface area contributed by atoms with Crippen molar-refractivity contribution < 1.29 is 14.3 Å². The molecule has 156 valence electrons. The van der Waals surface area contributed by atoms with E-state index < -0.39 is 0 Å². The lowest BCUT2D eigenvalue weighted by Crippen LogP contribution is -2.27. The highest BCUT2D eigenvalue weighted by molar-refractivity contribution is 6.01. The van der Waals surface area contributed by atoms with Crippen LogP contribution in [0.1, 0.15) is 15.9 Å². The Kier molecular flexibility index (Phi) is 5.98. The molecule has 3 aromatic carbocycles. The minimum absolute atomic E-state index is 0.0797. The second kappa shape index (κ2) is 9.17. The molecule has 0 unspecified atom stereocenters. The predicted octanol–water partition coefficient (Wildman–Crippen LogP) is 4.10. The third kappa shape index (κ3) is 4.75. The van der Waals surface area contributed by atoms with E-state index in [2.05, 4.69) is 22.5 Å². The minimum Gasteiger partial charge on any atom is -0.457 e. The zero-order valence-electron chi connectivity index (χ0n) is 17.0. The molecule has 0 saturated heterocycles. The second-order valence-corrected chi connectivity index (χ2v) is 7.09. The van der Waals surface area contributed by atoms with Crippen molar-refractivity contribution in [2.45, 2.75) is 6.54 Å². The van der Waals surface area contributed by atoms with Crippen LogP contribution < -0.4 is 20.7 Å². The number of anilines is 1. The number of hydrogen-bond donors (Lipinski definition) is 3. The van der Waals surface area contributed by atoms with E-state index in [4.69, 9.17) is 4.74 Å². The average molecular weight is 413 g/mol. The molecule has 1 aliphatic heterocycles. The van der Waals surface area contributed by atoms with Gasteiger partial charge in [-0.1, -0.05) is 36.9 Å². The van der Waals surface area contributed by atoms with Crippen LogP contribution in [0.15, 0.2) is 79.4 Å². The van der Waals surface area contributed by atoms with E-state index in [1.807, 2.05) is 66.7 Å². The Bertz CT molecular complexity index is 1110. The van der Waals surface area contributed by atoms with Gasteiger partial charge in [0, 0.05) is 30.9 Å². The second-order valence-electron chi connectivity index (χ2n) is 7.09. The first-order chi connectivity index (χ1) is 15.1. The summed E-state index contributed by atoms with van der Waals surface area (Å²) in [4.78, 5) is 23.6. The zero-order valence-corrected chi connectivity index (χ0v) is 17.0. The lowest BCUT2D eigenvalue weighted by Gasteiger charge is -2.13. The lowest BCUT2D eigenvalue weighted by molar-refractivity contribution is -0.116. The molecule has 0 aliphatic carbocycles. The smallest absolute Gasteiger partial charge is 0.251 e. The highest BCUT2D eigenvalue weighted by Crippen LogP contribution is 2.34. The SMILES string of the molecule is C=CC(=O)NCCNc1cc2c(c(-c3ccc(Oc4ccccc4)cc3)c1)CNC2=O. The predicted molar refractivity (Wildman–Crippen MR) is 121 cm³/mol. The molecule has 0 aromatic heterocycles. The summed E-state index contributed by atoms with van der Waals surface area (Å²) < 4.78 is 5.88. The molecule has 0 bridgehead atoms. The van der Waals surface area contributed by atoms with E-state index in [1.54, 1.807) is 0 Å². The highest BCUT2D eigenvalue weighted by Gasteiger charge is 2.23. The third-order valence-electron chi connectivity index (χ3n) is 5.00. The van der Waals surface area contributed by atoms with Crippen molar-refractivity contribution in [2.24, 2.45) is 0 Å². The van der Waals surface area contributed by atoms with Gasteiger partial charge in [-0.3, -0.25) is 9.59 Å². The molecule has 3 aromatic rings. The topological polar surface area (TPSA) is 79.5 Å². The van der Waals surface area contributed by atoms with Crippen molar-refractivity contribution in [1.29, 1.82) is 0 Å². The first-order valence-electron chi connectivity index (χ1n) is 10.1. The summed E-state index contributed by atoms with van der Waals surface area (Å²) in [6.07, 6.45) is 1.24. The van der Waals surface area contributed by atoms with Crippen molar-refractivity contribution in [3.8, 4) is 22.6 Å². The van der Waals surface area contributed by atoms with Crippen LogP contribution in [0.3, 0.4) is 0 Å². The maximum atomic E-state index is 12.3. The standard InChI is InChI=1S/C25H23N3O3/c1-2-24(29)27-13-12-26-18-14-21(23-16-28-25(30)22(23)15-18)17-8-10-20(11-9-17)31-19-6-4-3-5-7-19/h2-11,14-15,26H,1,12-13,16H2,(H,27,29)(H,28,30). The average Bonchev–Trinajstić information content (AvgIpc) is 3.18. The monoisotopic (exact) mass is 413 g/mol. The Morgan fingerprint density at radius 2 is 1.71 bits per heavy atom. The summed E-state index contributed by atoms with van der Waals surface area (Å²) in [6, 6.07) is 21.3. The molecule has 0 saturated carbocycles. The Labute approximate surface area is 180 Å². The third-order valence-corrected chi connectivity index (χ3v) is 5.00. The molecule has 3 N–H and O–H groups in total. The number of amides is 2. The fourth-order valence-electron chi connectivity index (χ4n) is 3.48. The van der Waals surface area contributed by atoms with Crippen molar-refractivity contribution in [2.75, 3.05) is 18.4 Å². The molecule has 0 spiro atoms. The van der Waals surface area contributed by atoms with Gasteiger partial charge in [0.05, 0.1) is 0 Å². The van der Waals surface area contributed by atoms with Crippen LogP contribution in [0.4, 0.5) is 5.69 Å². The summed E-state index contributed by atoms with van der Waals surface area (Å²) in [6.45, 7) is 4.92. The van der Waals surface area contributed by atoms with E-state index in [9.17, 15) is 9.59 Å². The van der Waals surface area contributed by atoms with Crippen molar-refractivity contribution >= 4 is 17.5 Å². The van der Waals surface area contributed by atoms with Gasteiger partial charge in [-0.05, 0) is 59.2 Å². The molecule has 0 radical (unpaired) electrons. The minimum atomic E-state index is -0.214. The maximum absolute atomic E-state index is 12.3. The van der Waals surface area contributed by atoms with Crippen LogP contribution in [0.25, 0.3) is 11.1 Å². The van der Waals surface area contributed by atoms with Crippen molar-refractivity contribution in [1.82, 2.24) is 10.6 Å². The van der Waals surface area contributed by atoms with Gasteiger partial charge in [0.25, 0.3) is 5.91 Å². The molecule has 0 fully saturated rings. The summed E-state index contributed by atoms with van der Waals surface area (Å²) in [5.74, 6) is 1.23. The molecular formula is C25H23N3O3. The number of hydrogen-bond acceptors (Lipinski definition) is 4. The number of benzene rings is 3. The van der Waals surface area contributed by atoms with E-state index in [0.717, 1.165) is 33.9 Å². The zero-order chi connectivity index (χ0) is 21.6. The summed E-state index contributed by atoms with van der Waals surface area (Å²) in [7, 11) is 0. The van der Waals surface area contributed by atoms with Gasteiger partial charge in [0.2, 0.25) is 5.91 Å². The Morgan fingerprint density at radius 1 is 1.00 bits per heavy atom. The summed E-state index contributed by atoms with van der Waals surface area (Å²) in [5, 5.41) is 8.90. The molecule has 6 heteroatoms. The van der Waals surface area contributed by atoms with E-state index >= 15 is 0 Å². The Morgan fingerprint density at radius 3 is 2.45 bits per heavy atom. The van der Waals surface area contributed by atoms with Crippen LogP contribution in [-0.2, 0) is 11.3 Å². The van der Waals surface area contributed by atoms with Gasteiger partial charge in [-0.15, -0.1) is 0 Å². The largest absolute Gasteiger partial charge is 0.457 e. The van der Waals surface area contributed by atoms with E-state index in [-0.39, 0.29) is 11.8 Å². The molecule has 2 amide bonds. The number of nitrogens with one attached hydrogen (secondary N) is 3. The lowest BCUT2D eigenvalue weighted by atomic mass is 9.96. The molecule has 31 heavy (non-hydrogen) atoms. The number of carbonyl (C=O) groups excluding carboxylic acids is 2.